The van der Waals surface area contributed by atoms with Crippen molar-refractivity contribution >= 4 is 65.6 Å². The average molecular weight is 575 g/mol. The highest BCUT2D eigenvalue weighted by molar-refractivity contribution is 7.92. The van der Waals surface area contributed by atoms with Crippen LogP contribution in [0.2, 0.25) is 0 Å². The van der Waals surface area contributed by atoms with Crippen molar-refractivity contribution in [3.63, 3.8) is 0 Å². The second-order valence-electron chi connectivity index (χ2n) is 7.87. The summed E-state index contributed by atoms with van der Waals surface area (Å²) >= 11 is 2.24. The number of ether oxygens (including phenoxy) is 2. The topological polar surface area (TPSA) is 146 Å². The van der Waals surface area contributed by atoms with Crippen LogP contribution in [0.1, 0.15) is 0 Å². The molecule has 0 aliphatic rings. The number of fused-ring (bicyclic) bond motifs is 1. The quantitative estimate of drug-likeness (QED) is 0.300. The first-order chi connectivity index (χ1) is 18.2. The fraction of sp³-hybridized carbons (Fsp3) is 0.208. The molecule has 198 valence electrons. The second-order valence-corrected chi connectivity index (χ2v) is 11.8. The summed E-state index contributed by atoms with van der Waals surface area (Å²) in [5.41, 5.74) is 2.09. The Morgan fingerprint density at radius 3 is 2.55 bits per heavy atom. The molecule has 0 radical (unpaired) electrons. The molecule has 2 aromatic carbocycles. The van der Waals surface area contributed by atoms with E-state index >= 15 is 0 Å². The third-order valence-corrected chi connectivity index (χ3v) is 8.33. The van der Waals surface area contributed by atoms with Crippen molar-refractivity contribution in [1.29, 1.82) is 0 Å². The van der Waals surface area contributed by atoms with Crippen molar-refractivity contribution in [2.75, 3.05) is 31.0 Å². The van der Waals surface area contributed by atoms with Crippen molar-refractivity contribution in [3.8, 4) is 17.0 Å². The molecule has 4 rings (SSSR count). The van der Waals surface area contributed by atoms with Gasteiger partial charge in [-0.05, 0) is 18.2 Å². The first-order valence-electron chi connectivity index (χ1n) is 11.0. The Morgan fingerprint density at radius 2 is 1.84 bits per heavy atom. The zero-order valence-electron chi connectivity index (χ0n) is 20.2. The molecule has 0 bridgehead atoms. The van der Waals surface area contributed by atoms with Gasteiger partial charge < -0.3 is 19.4 Å². The number of anilines is 1. The number of carbonyl (C=O) groups excluding carboxylic acids is 3. The van der Waals surface area contributed by atoms with E-state index in [1.807, 2.05) is 30.3 Å². The third-order valence-electron chi connectivity index (χ3n) is 5.14. The van der Waals surface area contributed by atoms with Crippen LogP contribution in [0.4, 0.5) is 5.13 Å². The normalized spacial score (nSPS) is 11.9. The van der Waals surface area contributed by atoms with Crippen LogP contribution in [-0.2, 0) is 35.5 Å². The third kappa shape index (κ3) is 6.70. The maximum absolute atomic E-state index is 12.6. The van der Waals surface area contributed by atoms with E-state index in [1.165, 1.54) is 18.8 Å². The van der Waals surface area contributed by atoms with Gasteiger partial charge in [0.2, 0.25) is 5.91 Å². The molecule has 1 N–H and O–H groups in total. The minimum atomic E-state index is -4.14. The number of hydrogen-bond donors (Lipinski definition) is 1. The van der Waals surface area contributed by atoms with Gasteiger partial charge in [0.05, 0.1) is 30.1 Å². The zero-order valence-corrected chi connectivity index (χ0v) is 22.7. The summed E-state index contributed by atoms with van der Waals surface area (Å²) < 4.78 is 37.2. The molecule has 0 unspecified atom stereocenters. The Kier molecular flexibility index (Phi) is 8.34. The van der Waals surface area contributed by atoms with E-state index in [2.05, 4.69) is 15.3 Å². The van der Waals surface area contributed by atoms with E-state index in [4.69, 9.17) is 9.47 Å². The first kappa shape index (κ1) is 27.2. The summed E-state index contributed by atoms with van der Waals surface area (Å²) in [5.74, 6) is -3.70. The largest absolute Gasteiger partial charge is 0.497 e. The number of aromatic nitrogens is 2. The molecule has 14 heteroatoms. The van der Waals surface area contributed by atoms with Gasteiger partial charge in [0.1, 0.15) is 23.8 Å². The second kappa shape index (κ2) is 11.7. The molecule has 0 atom stereocenters. The van der Waals surface area contributed by atoms with Crippen molar-refractivity contribution in [2.24, 2.45) is 4.99 Å². The maximum Gasteiger partial charge on any atom is 0.325 e. The predicted octanol–water partition coefficient (Wildman–Crippen LogP) is 2.49. The van der Waals surface area contributed by atoms with Crippen molar-refractivity contribution in [2.45, 2.75) is 6.54 Å². The van der Waals surface area contributed by atoms with Crippen molar-refractivity contribution in [1.82, 2.24) is 9.55 Å². The summed E-state index contributed by atoms with van der Waals surface area (Å²) in [5, 5.41) is 4.44. The van der Waals surface area contributed by atoms with Crippen molar-refractivity contribution < 1.29 is 32.3 Å². The number of esters is 1. The monoisotopic (exact) mass is 574 g/mol. The van der Waals surface area contributed by atoms with Gasteiger partial charge in [0, 0.05) is 10.9 Å². The Morgan fingerprint density at radius 1 is 1.08 bits per heavy atom. The Labute approximate surface area is 225 Å². The molecule has 0 aliphatic heterocycles. The lowest BCUT2D eigenvalue weighted by atomic mass is 10.2. The molecule has 2 amide bonds. The summed E-state index contributed by atoms with van der Waals surface area (Å²) in [6.07, 6.45) is 0. The van der Waals surface area contributed by atoms with Crippen LogP contribution in [0.15, 0.2) is 58.9 Å². The number of nitrogens with one attached hydrogen (secondary N) is 1. The van der Waals surface area contributed by atoms with E-state index in [1.54, 1.807) is 23.6 Å². The molecule has 11 nitrogen and oxygen atoms in total. The SMILES string of the molecule is COC(=O)Cn1c(=NC(=O)CS(=O)(=O)CC(=O)Nc2nc(-c3ccccc3)cs2)sc2cc(OC)ccc21. The molecule has 0 saturated heterocycles. The summed E-state index contributed by atoms with van der Waals surface area (Å²) in [7, 11) is -1.41. The highest BCUT2D eigenvalue weighted by atomic mass is 32.2. The van der Waals surface area contributed by atoms with E-state index in [0.717, 1.165) is 28.2 Å². The van der Waals surface area contributed by atoms with Gasteiger partial charge in [-0.15, -0.1) is 11.3 Å². The summed E-state index contributed by atoms with van der Waals surface area (Å²) in [6.45, 7) is -0.233. The standard InChI is InChI=1S/C24H22N4O7S3/c1-34-16-8-9-18-19(10-16)37-24(28(18)11-22(31)35-2)27-21(30)14-38(32,33)13-20(29)26-23-25-17(12-36-23)15-6-4-3-5-7-15/h3-10,12H,11,13-14H2,1-2H3,(H,25,26,29). The van der Waals surface area contributed by atoms with E-state index in [0.29, 0.717) is 21.7 Å². The Bertz CT molecular complexity index is 1670. The number of amides is 2. The van der Waals surface area contributed by atoms with E-state index in [9.17, 15) is 22.8 Å². The van der Waals surface area contributed by atoms with Gasteiger partial charge in [0.15, 0.2) is 19.8 Å². The van der Waals surface area contributed by atoms with Gasteiger partial charge in [-0.1, -0.05) is 41.7 Å². The van der Waals surface area contributed by atoms with Crippen LogP contribution in [0.25, 0.3) is 21.5 Å². The van der Waals surface area contributed by atoms with Gasteiger partial charge in [-0.3, -0.25) is 14.4 Å². The molecular weight excluding hydrogens is 552 g/mol. The van der Waals surface area contributed by atoms with Gasteiger partial charge in [-0.25, -0.2) is 13.4 Å². The van der Waals surface area contributed by atoms with Gasteiger partial charge >= 0.3 is 5.97 Å². The molecule has 0 spiro atoms. The molecule has 0 aliphatic carbocycles. The van der Waals surface area contributed by atoms with Gasteiger partial charge in [0.25, 0.3) is 5.91 Å². The zero-order chi connectivity index (χ0) is 27.3. The molecule has 0 fully saturated rings. The highest BCUT2D eigenvalue weighted by Gasteiger charge is 2.22. The van der Waals surface area contributed by atoms with Crippen LogP contribution < -0.4 is 14.9 Å². The lowest BCUT2D eigenvalue weighted by Crippen LogP contribution is -2.28. The molecule has 38 heavy (non-hydrogen) atoms. The number of hydrogen-bond acceptors (Lipinski definition) is 10. The van der Waals surface area contributed by atoms with E-state index in [-0.39, 0.29) is 16.5 Å². The highest BCUT2D eigenvalue weighted by Crippen LogP contribution is 2.25. The number of methoxy groups -OCH3 is 2. The van der Waals surface area contributed by atoms with Crippen LogP contribution in [0.3, 0.4) is 0 Å². The predicted molar refractivity (Wildman–Crippen MR) is 144 cm³/mol. The number of carbonyl (C=O) groups is 3. The smallest absolute Gasteiger partial charge is 0.325 e. The molecule has 4 aromatic rings. The molecular formula is C24H22N4O7S3. The van der Waals surface area contributed by atoms with Crippen LogP contribution in [0.5, 0.6) is 5.75 Å². The minimum Gasteiger partial charge on any atom is -0.497 e. The van der Waals surface area contributed by atoms with Gasteiger partial charge in [-0.2, -0.15) is 4.99 Å². The minimum absolute atomic E-state index is 0.111. The number of thiazole rings is 2. The van der Waals surface area contributed by atoms with Crippen LogP contribution in [0, 0.1) is 0 Å². The molecule has 2 aromatic heterocycles. The average Bonchev–Trinajstić information content (AvgIpc) is 3.47. The molecule has 0 saturated carbocycles. The fourth-order valence-electron chi connectivity index (χ4n) is 3.42. The number of nitrogens with zero attached hydrogens (tertiary/aromatic N) is 3. The van der Waals surface area contributed by atoms with Crippen LogP contribution >= 0.6 is 22.7 Å². The van der Waals surface area contributed by atoms with E-state index < -0.39 is 39.1 Å². The number of sulfone groups is 1. The van der Waals surface area contributed by atoms with Crippen molar-refractivity contribution in [3.05, 3.63) is 58.7 Å². The number of rotatable bonds is 9. The molecule has 2 heterocycles. The lowest BCUT2D eigenvalue weighted by Gasteiger charge is -2.05. The Hall–Kier alpha value is -3.88. The maximum atomic E-state index is 12.6. The summed E-state index contributed by atoms with van der Waals surface area (Å²) in [6, 6.07) is 14.4. The van der Waals surface area contributed by atoms with Crippen LogP contribution in [-0.4, -0.2) is 61.5 Å². The Balaban J connectivity index is 1.48. The fourth-order valence-corrected chi connectivity index (χ4v) is 6.24. The summed E-state index contributed by atoms with van der Waals surface area (Å²) in [4.78, 5) is 45.2. The first-order valence-corrected chi connectivity index (χ1v) is 14.5. The lowest BCUT2D eigenvalue weighted by molar-refractivity contribution is -0.141. The number of benzene rings is 2.